The number of carbonyl (C=O) groups excluding carboxylic acids is 2. The first kappa shape index (κ1) is 10.6. The molecule has 1 heterocycles. The molecule has 0 spiro atoms. The van der Waals surface area contributed by atoms with Gasteiger partial charge >= 0.3 is 0 Å². The molecule has 0 aromatic carbocycles. The summed E-state index contributed by atoms with van der Waals surface area (Å²) in [5.41, 5.74) is 0. The zero-order valence-corrected chi connectivity index (χ0v) is 9.32. The lowest BCUT2D eigenvalue weighted by atomic mass is 10.2. The van der Waals surface area contributed by atoms with E-state index in [1.54, 1.807) is 0 Å². The summed E-state index contributed by atoms with van der Waals surface area (Å²) in [4.78, 5) is 24.8. The molecule has 1 saturated carbocycles. The van der Waals surface area contributed by atoms with Gasteiger partial charge in [0.15, 0.2) is 0 Å². The van der Waals surface area contributed by atoms with E-state index in [2.05, 4.69) is 5.32 Å². The largest absolute Gasteiger partial charge is 0.305 e. The number of nitrogens with zero attached hydrogens (tertiary/aromatic N) is 1. The molecule has 4 heteroatoms. The van der Waals surface area contributed by atoms with E-state index in [4.69, 9.17) is 0 Å². The highest BCUT2D eigenvalue weighted by Gasteiger charge is 2.40. The molecular formula is C11H18N2O2. The first-order chi connectivity index (χ1) is 7.09. The first-order valence-electron chi connectivity index (χ1n) is 5.69. The molecule has 0 bridgehead atoms. The van der Waals surface area contributed by atoms with Crippen LogP contribution in [0.2, 0.25) is 0 Å². The second-order valence-electron chi connectivity index (χ2n) is 4.80. The van der Waals surface area contributed by atoms with Crippen molar-refractivity contribution in [2.45, 2.75) is 45.2 Å². The highest BCUT2D eigenvalue weighted by Crippen LogP contribution is 2.28. The molecule has 1 saturated heterocycles. The van der Waals surface area contributed by atoms with Crippen molar-refractivity contribution >= 4 is 11.8 Å². The summed E-state index contributed by atoms with van der Waals surface area (Å²) < 4.78 is 0. The Morgan fingerprint density at radius 2 is 2.07 bits per heavy atom. The van der Waals surface area contributed by atoms with Gasteiger partial charge in [0.1, 0.15) is 0 Å². The molecular weight excluding hydrogens is 192 g/mol. The van der Waals surface area contributed by atoms with Gasteiger partial charge in [-0.1, -0.05) is 0 Å². The van der Waals surface area contributed by atoms with Gasteiger partial charge in [-0.2, -0.15) is 0 Å². The van der Waals surface area contributed by atoms with Crippen LogP contribution in [0.5, 0.6) is 0 Å². The normalized spacial score (nSPS) is 26.9. The number of imide groups is 1. The maximum absolute atomic E-state index is 11.8. The van der Waals surface area contributed by atoms with E-state index in [9.17, 15) is 9.59 Å². The molecule has 2 amide bonds. The van der Waals surface area contributed by atoms with Crippen LogP contribution in [-0.4, -0.2) is 35.3 Å². The Labute approximate surface area is 90.0 Å². The summed E-state index contributed by atoms with van der Waals surface area (Å²) in [6.07, 6.45) is 2.86. The SMILES string of the molecule is CC(C)N1C(=O)CC(NCC2CC2)C1=O. The minimum absolute atomic E-state index is 0.0160. The third kappa shape index (κ3) is 2.20. The lowest BCUT2D eigenvalue weighted by molar-refractivity contribution is -0.140. The van der Waals surface area contributed by atoms with Gasteiger partial charge < -0.3 is 5.32 Å². The molecule has 0 aromatic heterocycles. The van der Waals surface area contributed by atoms with Gasteiger partial charge in [-0.15, -0.1) is 0 Å². The van der Waals surface area contributed by atoms with Crippen molar-refractivity contribution in [2.24, 2.45) is 5.92 Å². The van der Waals surface area contributed by atoms with Crippen molar-refractivity contribution < 1.29 is 9.59 Å². The molecule has 0 aromatic rings. The van der Waals surface area contributed by atoms with E-state index in [0.29, 0.717) is 6.42 Å². The topological polar surface area (TPSA) is 49.4 Å². The Bertz CT molecular complexity index is 284. The summed E-state index contributed by atoms with van der Waals surface area (Å²) in [5.74, 6) is 0.653. The molecule has 1 aliphatic carbocycles. The Hall–Kier alpha value is -0.900. The zero-order chi connectivity index (χ0) is 11.0. The summed E-state index contributed by atoms with van der Waals surface area (Å²) in [7, 11) is 0. The van der Waals surface area contributed by atoms with E-state index in [0.717, 1.165) is 12.5 Å². The number of rotatable bonds is 4. The Morgan fingerprint density at radius 3 is 2.53 bits per heavy atom. The van der Waals surface area contributed by atoms with Crippen molar-refractivity contribution in [3.05, 3.63) is 0 Å². The summed E-state index contributed by atoms with van der Waals surface area (Å²) >= 11 is 0. The molecule has 0 radical (unpaired) electrons. The lowest BCUT2D eigenvalue weighted by Gasteiger charge is -2.19. The molecule has 15 heavy (non-hydrogen) atoms. The standard InChI is InChI=1S/C11H18N2O2/c1-7(2)13-10(14)5-9(11(13)15)12-6-8-3-4-8/h7-9,12H,3-6H2,1-2H3. The second kappa shape index (κ2) is 3.93. The number of hydrogen-bond acceptors (Lipinski definition) is 3. The monoisotopic (exact) mass is 210 g/mol. The van der Waals surface area contributed by atoms with Crippen molar-refractivity contribution in [1.82, 2.24) is 10.2 Å². The average Bonchev–Trinajstić information content (AvgIpc) is 2.90. The van der Waals surface area contributed by atoms with Gasteiger partial charge in [-0.25, -0.2) is 0 Å². The number of hydrogen-bond donors (Lipinski definition) is 1. The summed E-state index contributed by atoms with van der Waals surface area (Å²) in [6, 6.07) is -0.279. The Kier molecular flexibility index (Phi) is 2.78. The van der Waals surface area contributed by atoms with E-state index < -0.39 is 0 Å². The fraction of sp³-hybridized carbons (Fsp3) is 0.818. The third-order valence-corrected chi connectivity index (χ3v) is 3.05. The van der Waals surface area contributed by atoms with Gasteiger partial charge in [0.05, 0.1) is 12.5 Å². The van der Waals surface area contributed by atoms with E-state index >= 15 is 0 Å². The molecule has 1 atom stereocenters. The highest BCUT2D eigenvalue weighted by atomic mass is 16.2. The molecule has 1 N–H and O–H groups in total. The van der Waals surface area contributed by atoms with E-state index in [1.165, 1.54) is 17.7 Å². The smallest absolute Gasteiger partial charge is 0.247 e. The predicted molar refractivity (Wildman–Crippen MR) is 56.1 cm³/mol. The number of carbonyl (C=O) groups is 2. The van der Waals surface area contributed by atoms with Crippen LogP contribution in [0, 0.1) is 5.92 Å². The van der Waals surface area contributed by atoms with Gasteiger partial charge in [0.25, 0.3) is 0 Å². The second-order valence-corrected chi connectivity index (χ2v) is 4.80. The molecule has 2 fully saturated rings. The Balaban J connectivity index is 1.91. The molecule has 4 nitrogen and oxygen atoms in total. The van der Waals surface area contributed by atoms with Crippen LogP contribution in [0.1, 0.15) is 33.1 Å². The van der Waals surface area contributed by atoms with Gasteiger partial charge in [-0.3, -0.25) is 14.5 Å². The molecule has 2 aliphatic rings. The molecule has 1 aliphatic heterocycles. The molecule has 1 unspecified atom stereocenters. The van der Waals surface area contributed by atoms with Crippen LogP contribution < -0.4 is 5.32 Å². The minimum atomic E-state index is -0.263. The predicted octanol–water partition coefficient (Wildman–Crippen LogP) is 0.522. The first-order valence-corrected chi connectivity index (χ1v) is 5.69. The van der Waals surface area contributed by atoms with Crippen molar-refractivity contribution in [3.8, 4) is 0 Å². The van der Waals surface area contributed by atoms with Gasteiger partial charge in [-0.05, 0) is 39.2 Å². The lowest BCUT2D eigenvalue weighted by Crippen LogP contribution is -2.42. The maximum Gasteiger partial charge on any atom is 0.247 e. The van der Waals surface area contributed by atoms with Crippen LogP contribution >= 0.6 is 0 Å². The minimum Gasteiger partial charge on any atom is -0.305 e. The number of amides is 2. The zero-order valence-electron chi connectivity index (χ0n) is 9.32. The Morgan fingerprint density at radius 1 is 1.40 bits per heavy atom. The highest BCUT2D eigenvalue weighted by molar-refractivity contribution is 6.05. The van der Waals surface area contributed by atoms with E-state index in [1.807, 2.05) is 13.8 Å². The van der Waals surface area contributed by atoms with E-state index in [-0.39, 0.29) is 23.9 Å². The fourth-order valence-corrected chi connectivity index (χ4v) is 1.98. The maximum atomic E-state index is 11.8. The van der Waals surface area contributed by atoms with Crippen LogP contribution in [-0.2, 0) is 9.59 Å². The fourth-order valence-electron chi connectivity index (χ4n) is 1.98. The van der Waals surface area contributed by atoms with Crippen LogP contribution in [0.15, 0.2) is 0 Å². The van der Waals surface area contributed by atoms with Crippen molar-refractivity contribution in [1.29, 1.82) is 0 Å². The van der Waals surface area contributed by atoms with Crippen molar-refractivity contribution in [3.63, 3.8) is 0 Å². The summed E-state index contributed by atoms with van der Waals surface area (Å²) in [5, 5.41) is 3.20. The third-order valence-electron chi connectivity index (χ3n) is 3.05. The summed E-state index contributed by atoms with van der Waals surface area (Å²) in [6.45, 7) is 4.63. The number of likely N-dealkylation sites (tertiary alicyclic amines) is 1. The molecule has 84 valence electrons. The van der Waals surface area contributed by atoms with Gasteiger partial charge in [0.2, 0.25) is 11.8 Å². The van der Waals surface area contributed by atoms with Crippen LogP contribution in [0.25, 0.3) is 0 Å². The van der Waals surface area contributed by atoms with Crippen LogP contribution in [0.4, 0.5) is 0 Å². The van der Waals surface area contributed by atoms with Crippen LogP contribution in [0.3, 0.4) is 0 Å². The van der Waals surface area contributed by atoms with Gasteiger partial charge in [0, 0.05) is 6.04 Å². The quantitative estimate of drug-likeness (QED) is 0.688. The average molecular weight is 210 g/mol. The molecule has 2 rings (SSSR count). The van der Waals surface area contributed by atoms with Crippen molar-refractivity contribution in [2.75, 3.05) is 6.54 Å². The number of nitrogens with one attached hydrogen (secondary N) is 1.